The number of halogens is 1. The predicted molar refractivity (Wildman–Crippen MR) is 106 cm³/mol. The number of nitrogens with one attached hydrogen (secondary N) is 2. The van der Waals surface area contributed by atoms with Gasteiger partial charge in [0.2, 0.25) is 5.91 Å². The average Bonchev–Trinajstić information content (AvgIpc) is 3.03. The van der Waals surface area contributed by atoms with E-state index in [1.165, 1.54) is 28.8 Å². The summed E-state index contributed by atoms with van der Waals surface area (Å²) in [5.41, 5.74) is 0.781. The molecule has 1 aromatic heterocycles. The summed E-state index contributed by atoms with van der Waals surface area (Å²) in [5.74, 6) is 1.07. The van der Waals surface area contributed by atoms with E-state index < -0.39 is 0 Å². The van der Waals surface area contributed by atoms with Gasteiger partial charge in [-0.2, -0.15) is 0 Å². The number of hydrogen-bond donors (Lipinski definition) is 2. The highest BCUT2D eigenvalue weighted by atomic mass is 32.2. The number of quaternary nitrogens is 1. The van der Waals surface area contributed by atoms with E-state index in [4.69, 9.17) is 0 Å². The molecule has 8 heteroatoms. The number of amides is 1. The van der Waals surface area contributed by atoms with Gasteiger partial charge in [0, 0.05) is 11.7 Å². The first-order valence-corrected chi connectivity index (χ1v) is 10.1. The molecule has 1 aromatic carbocycles. The van der Waals surface area contributed by atoms with Crippen molar-refractivity contribution in [1.29, 1.82) is 0 Å². The molecule has 0 unspecified atom stereocenters. The summed E-state index contributed by atoms with van der Waals surface area (Å²) in [5, 5.41) is 12.3. The molecule has 2 N–H and O–H groups in total. The predicted octanol–water partition coefficient (Wildman–Crippen LogP) is 1.86. The molecule has 0 aliphatic carbocycles. The van der Waals surface area contributed by atoms with Gasteiger partial charge in [-0.25, -0.2) is 4.39 Å². The highest BCUT2D eigenvalue weighted by Gasteiger charge is 2.24. The van der Waals surface area contributed by atoms with Gasteiger partial charge in [-0.1, -0.05) is 25.6 Å². The third-order valence-corrected chi connectivity index (χ3v) is 5.65. The number of nitrogens with zero attached hydrogens (tertiary/aromatic N) is 3. The lowest BCUT2D eigenvalue weighted by Gasteiger charge is -2.18. The van der Waals surface area contributed by atoms with Crippen molar-refractivity contribution in [3.05, 3.63) is 35.9 Å². The van der Waals surface area contributed by atoms with Crippen LogP contribution in [0.25, 0.3) is 5.69 Å². The standard InChI is InChI=1S/C19H28FN5OS/c1-12(2)13(3)21-17(26)11-27-19-23-22-18(14(4)24(5)6)25(19)16-9-7-15(20)8-10-16/h7-10,12-14H,11H2,1-6H3,(H,21,26)/p+1/t13-,14-/m1/s1. The lowest BCUT2D eigenvalue weighted by molar-refractivity contribution is -0.890. The average molecular weight is 395 g/mol. The Bertz CT molecular complexity index is 760. The first kappa shape index (κ1) is 21.4. The van der Waals surface area contributed by atoms with E-state index in [1.807, 2.05) is 25.6 Å². The van der Waals surface area contributed by atoms with Crippen LogP contribution in [0.5, 0.6) is 0 Å². The van der Waals surface area contributed by atoms with Crippen LogP contribution in [0, 0.1) is 11.7 Å². The minimum atomic E-state index is -0.295. The van der Waals surface area contributed by atoms with E-state index in [0.29, 0.717) is 11.1 Å². The van der Waals surface area contributed by atoms with Crippen LogP contribution < -0.4 is 10.2 Å². The first-order valence-electron chi connectivity index (χ1n) is 9.14. The van der Waals surface area contributed by atoms with E-state index in [9.17, 15) is 9.18 Å². The fourth-order valence-corrected chi connectivity index (χ4v) is 3.11. The van der Waals surface area contributed by atoms with Gasteiger partial charge in [0.1, 0.15) is 11.9 Å². The van der Waals surface area contributed by atoms with Crippen molar-refractivity contribution in [2.24, 2.45) is 5.92 Å². The monoisotopic (exact) mass is 394 g/mol. The third-order valence-electron chi connectivity index (χ3n) is 4.72. The molecule has 2 aromatic rings. The number of benzene rings is 1. The highest BCUT2D eigenvalue weighted by molar-refractivity contribution is 7.99. The Labute approximate surface area is 164 Å². The summed E-state index contributed by atoms with van der Waals surface area (Å²) in [6.45, 7) is 8.19. The summed E-state index contributed by atoms with van der Waals surface area (Å²) >= 11 is 1.33. The molecule has 0 saturated heterocycles. The molecule has 148 valence electrons. The number of aromatic nitrogens is 3. The maximum Gasteiger partial charge on any atom is 0.230 e. The smallest absolute Gasteiger partial charge is 0.230 e. The second-order valence-corrected chi connectivity index (χ2v) is 8.28. The van der Waals surface area contributed by atoms with Crippen molar-refractivity contribution in [2.45, 2.75) is 44.9 Å². The van der Waals surface area contributed by atoms with Crippen LogP contribution in [0.15, 0.2) is 29.4 Å². The second kappa shape index (κ2) is 9.32. The van der Waals surface area contributed by atoms with E-state index in [0.717, 1.165) is 11.5 Å². The number of hydrogen-bond acceptors (Lipinski definition) is 4. The van der Waals surface area contributed by atoms with Crippen LogP contribution in [0.3, 0.4) is 0 Å². The molecule has 2 rings (SSSR count). The third kappa shape index (κ3) is 5.52. The fourth-order valence-electron chi connectivity index (χ4n) is 2.34. The quantitative estimate of drug-likeness (QED) is 0.671. The molecular weight excluding hydrogens is 365 g/mol. The van der Waals surface area contributed by atoms with Gasteiger partial charge in [-0.3, -0.25) is 9.36 Å². The lowest BCUT2D eigenvalue weighted by Crippen LogP contribution is -3.05. The second-order valence-electron chi connectivity index (χ2n) is 7.34. The van der Waals surface area contributed by atoms with Crippen LogP contribution in [0.1, 0.15) is 39.6 Å². The summed E-state index contributed by atoms with van der Waals surface area (Å²) < 4.78 is 15.3. The molecule has 0 radical (unpaired) electrons. The summed E-state index contributed by atoms with van der Waals surface area (Å²) in [6.07, 6.45) is 0. The van der Waals surface area contributed by atoms with Crippen LogP contribution >= 0.6 is 11.8 Å². The van der Waals surface area contributed by atoms with E-state index >= 15 is 0 Å². The van der Waals surface area contributed by atoms with Gasteiger partial charge in [-0.05, 0) is 44.0 Å². The first-order chi connectivity index (χ1) is 12.7. The van der Waals surface area contributed by atoms with Crippen molar-refractivity contribution in [2.75, 3.05) is 19.8 Å². The zero-order valence-corrected chi connectivity index (χ0v) is 17.6. The Hall–Kier alpha value is -1.93. The lowest BCUT2D eigenvalue weighted by atomic mass is 10.1. The summed E-state index contributed by atoms with van der Waals surface area (Å²) in [4.78, 5) is 13.4. The van der Waals surface area contributed by atoms with Crippen LogP contribution in [0.4, 0.5) is 4.39 Å². The number of rotatable bonds is 8. The molecule has 1 amide bonds. The zero-order valence-electron chi connectivity index (χ0n) is 16.8. The van der Waals surface area contributed by atoms with Crippen LogP contribution in [0.2, 0.25) is 0 Å². The topological polar surface area (TPSA) is 64.2 Å². The number of carbonyl (C=O) groups is 1. The van der Waals surface area contributed by atoms with Crippen molar-refractivity contribution >= 4 is 17.7 Å². The Morgan fingerprint density at radius 2 is 1.81 bits per heavy atom. The SMILES string of the molecule is CC(C)[C@@H](C)NC(=O)CSc1nnc([C@@H](C)[NH+](C)C)n1-c1ccc(F)cc1. The van der Waals surface area contributed by atoms with E-state index in [1.54, 1.807) is 12.1 Å². The van der Waals surface area contributed by atoms with Gasteiger partial charge in [0.15, 0.2) is 11.0 Å². The van der Waals surface area contributed by atoms with Gasteiger partial charge in [-0.15, -0.1) is 10.2 Å². The Morgan fingerprint density at radius 1 is 1.19 bits per heavy atom. The molecule has 0 saturated carbocycles. The normalized spacial score (nSPS) is 13.8. The fraction of sp³-hybridized carbons (Fsp3) is 0.526. The zero-order chi connectivity index (χ0) is 20.1. The van der Waals surface area contributed by atoms with Crippen molar-refractivity contribution < 1.29 is 14.1 Å². The molecule has 1 heterocycles. The molecule has 0 aliphatic rings. The van der Waals surface area contributed by atoms with Gasteiger partial charge < -0.3 is 10.2 Å². The minimum Gasteiger partial charge on any atom is -0.353 e. The molecule has 6 nitrogen and oxygen atoms in total. The molecular formula is C19H29FN5OS+. The Balaban J connectivity index is 2.26. The molecule has 27 heavy (non-hydrogen) atoms. The molecule has 0 spiro atoms. The molecule has 0 fully saturated rings. The van der Waals surface area contributed by atoms with E-state index in [2.05, 4.69) is 36.3 Å². The largest absolute Gasteiger partial charge is 0.353 e. The van der Waals surface area contributed by atoms with Crippen molar-refractivity contribution in [1.82, 2.24) is 20.1 Å². The summed E-state index contributed by atoms with van der Waals surface area (Å²) in [6, 6.07) is 6.43. The number of thioether (sulfide) groups is 1. The van der Waals surface area contributed by atoms with Crippen molar-refractivity contribution in [3.63, 3.8) is 0 Å². The van der Waals surface area contributed by atoms with Crippen molar-refractivity contribution in [3.8, 4) is 5.69 Å². The molecule has 0 aliphatic heterocycles. The van der Waals surface area contributed by atoms with Gasteiger partial charge in [0.05, 0.1) is 19.8 Å². The van der Waals surface area contributed by atoms with Gasteiger partial charge in [0.25, 0.3) is 0 Å². The maximum absolute atomic E-state index is 13.4. The maximum atomic E-state index is 13.4. The van der Waals surface area contributed by atoms with Gasteiger partial charge >= 0.3 is 0 Å². The number of carbonyl (C=O) groups excluding carboxylic acids is 1. The highest BCUT2D eigenvalue weighted by Crippen LogP contribution is 2.24. The minimum absolute atomic E-state index is 0.0392. The molecule has 0 bridgehead atoms. The molecule has 2 atom stereocenters. The summed E-state index contributed by atoms with van der Waals surface area (Å²) in [7, 11) is 4.09. The van der Waals surface area contributed by atoms with Crippen LogP contribution in [-0.4, -0.2) is 46.6 Å². The Morgan fingerprint density at radius 3 is 2.37 bits per heavy atom. The van der Waals surface area contributed by atoms with Crippen LogP contribution in [-0.2, 0) is 4.79 Å². The Kier molecular flexibility index (Phi) is 7.38. The van der Waals surface area contributed by atoms with E-state index in [-0.39, 0.29) is 29.6 Å².